The second-order valence-electron chi connectivity index (χ2n) is 4.32. The Morgan fingerprint density at radius 2 is 1.76 bits per heavy atom. The summed E-state index contributed by atoms with van der Waals surface area (Å²) in [6.45, 7) is 9.65. The number of hydrogen-bond donors (Lipinski definition) is 2. The third-order valence-corrected chi connectivity index (χ3v) is 2.83. The van der Waals surface area contributed by atoms with Gasteiger partial charge in [0.15, 0.2) is 0 Å². The molecule has 1 rings (SSSR count). The van der Waals surface area contributed by atoms with Crippen molar-refractivity contribution in [2.75, 3.05) is 24.5 Å². The van der Waals surface area contributed by atoms with Crippen molar-refractivity contribution in [1.29, 1.82) is 0 Å². The first-order valence-electron chi connectivity index (χ1n) is 6.40. The van der Waals surface area contributed by atoms with E-state index in [1.807, 2.05) is 0 Å². The van der Waals surface area contributed by atoms with Crippen molar-refractivity contribution in [3.8, 4) is 0 Å². The number of aliphatic hydroxyl groups is 1. The lowest BCUT2D eigenvalue weighted by Crippen LogP contribution is -2.24. The summed E-state index contributed by atoms with van der Waals surface area (Å²) in [4.78, 5) is 2.33. The molecule has 0 spiro atoms. The van der Waals surface area contributed by atoms with Crippen LogP contribution in [0.3, 0.4) is 0 Å². The first kappa shape index (κ1) is 14.0. The quantitative estimate of drug-likeness (QED) is 0.760. The maximum Gasteiger partial charge on any atom is 0.0636 e. The number of nitrogens with one attached hydrogen (secondary N) is 1. The predicted molar refractivity (Wildman–Crippen MR) is 73.4 cm³/mol. The molecule has 0 aliphatic rings. The first-order valence-corrected chi connectivity index (χ1v) is 6.40. The van der Waals surface area contributed by atoms with E-state index >= 15 is 0 Å². The molecule has 1 aromatic carbocycles. The molecule has 0 amide bonds. The maximum atomic E-state index is 9.14. The lowest BCUT2D eigenvalue weighted by atomic mass is 10.2. The second-order valence-corrected chi connectivity index (χ2v) is 4.32. The fourth-order valence-corrected chi connectivity index (χ4v) is 1.84. The standard InChI is InChI=1S/C14H24N2O/c1-4-16(5-2)14-8-6-13(7-9-14)11-15-10-12(3)17/h6-9,12,15,17H,4-5,10-11H2,1-3H3/t12-/m1/s1. The van der Waals surface area contributed by atoms with Gasteiger partial charge in [0.2, 0.25) is 0 Å². The molecule has 96 valence electrons. The van der Waals surface area contributed by atoms with Crippen molar-refractivity contribution in [1.82, 2.24) is 5.32 Å². The largest absolute Gasteiger partial charge is 0.392 e. The Bertz CT molecular complexity index is 305. The van der Waals surface area contributed by atoms with Gasteiger partial charge in [0, 0.05) is 31.9 Å². The molecular weight excluding hydrogens is 212 g/mol. The summed E-state index contributed by atoms with van der Waals surface area (Å²) in [7, 11) is 0. The summed E-state index contributed by atoms with van der Waals surface area (Å²) in [5.74, 6) is 0. The summed E-state index contributed by atoms with van der Waals surface area (Å²) in [5, 5.41) is 12.4. The van der Waals surface area contributed by atoms with Gasteiger partial charge in [-0.15, -0.1) is 0 Å². The van der Waals surface area contributed by atoms with Crippen LogP contribution in [0.15, 0.2) is 24.3 Å². The van der Waals surface area contributed by atoms with Crippen molar-refractivity contribution in [3.05, 3.63) is 29.8 Å². The zero-order chi connectivity index (χ0) is 12.7. The summed E-state index contributed by atoms with van der Waals surface area (Å²) in [6, 6.07) is 8.60. The van der Waals surface area contributed by atoms with E-state index in [4.69, 9.17) is 5.11 Å². The Kier molecular flexibility index (Phi) is 6.01. The summed E-state index contributed by atoms with van der Waals surface area (Å²) >= 11 is 0. The van der Waals surface area contributed by atoms with Crippen LogP contribution in [0.2, 0.25) is 0 Å². The molecule has 0 radical (unpaired) electrons. The van der Waals surface area contributed by atoms with Gasteiger partial charge in [-0.2, -0.15) is 0 Å². The minimum absolute atomic E-state index is 0.287. The van der Waals surface area contributed by atoms with E-state index in [1.54, 1.807) is 6.92 Å². The van der Waals surface area contributed by atoms with Gasteiger partial charge < -0.3 is 15.3 Å². The third kappa shape index (κ3) is 4.75. The van der Waals surface area contributed by atoms with Crippen LogP contribution in [0, 0.1) is 0 Å². The minimum Gasteiger partial charge on any atom is -0.392 e. The predicted octanol–water partition coefficient (Wildman–Crippen LogP) is 2.00. The van der Waals surface area contributed by atoms with E-state index in [0.717, 1.165) is 19.6 Å². The minimum atomic E-state index is -0.287. The van der Waals surface area contributed by atoms with Crippen LogP contribution in [0.4, 0.5) is 5.69 Å². The molecule has 0 saturated carbocycles. The molecule has 0 unspecified atom stereocenters. The fraction of sp³-hybridized carbons (Fsp3) is 0.571. The first-order chi connectivity index (χ1) is 8.17. The molecule has 1 aromatic rings. The average Bonchev–Trinajstić information content (AvgIpc) is 2.32. The topological polar surface area (TPSA) is 35.5 Å². The van der Waals surface area contributed by atoms with Crippen LogP contribution in [0.1, 0.15) is 26.3 Å². The molecule has 0 aromatic heterocycles. The molecule has 0 heterocycles. The zero-order valence-corrected chi connectivity index (χ0v) is 11.1. The lowest BCUT2D eigenvalue weighted by molar-refractivity contribution is 0.191. The summed E-state index contributed by atoms with van der Waals surface area (Å²) < 4.78 is 0. The molecular formula is C14H24N2O. The number of hydrogen-bond acceptors (Lipinski definition) is 3. The van der Waals surface area contributed by atoms with E-state index in [9.17, 15) is 0 Å². The molecule has 0 fully saturated rings. The second kappa shape index (κ2) is 7.30. The Morgan fingerprint density at radius 3 is 2.24 bits per heavy atom. The van der Waals surface area contributed by atoms with Gasteiger partial charge in [-0.05, 0) is 38.5 Å². The number of anilines is 1. The molecule has 0 aliphatic carbocycles. The number of rotatable bonds is 7. The van der Waals surface area contributed by atoms with Crippen LogP contribution >= 0.6 is 0 Å². The van der Waals surface area contributed by atoms with Crippen LogP contribution in [-0.2, 0) is 6.54 Å². The molecule has 1 atom stereocenters. The van der Waals surface area contributed by atoms with Gasteiger partial charge >= 0.3 is 0 Å². The highest BCUT2D eigenvalue weighted by atomic mass is 16.3. The molecule has 3 heteroatoms. The van der Waals surface area contributed by atoms with Gasteiger partial charge in [-0.3, -0.25) is 0 Å². The molecule has 0 saturated heterocycles. The van der Waals surface area contributed by atoms with Gasteiger partial charge in [0.05, 0.1) is 6.10 Å². The monoisotopic (exact) mass is 236 g/mol. The zero-order valence-electron chi connectivity index (χ0n) is 11.1. The summed E-state index contributed by atoms with van der Waals surface area (Å²) in [6.07, 6.45) is -0.287. The number of nitrogens with zero attached hydrogens (tertiary/aromatic N) is 1. The van der Waals surface area contributed by atoms with Crippen LogP contribution in [0.5, 0.6) is 0 Å². The average molecular weight is 236 g/mol. The molecule has 17 heavy (non-hydrogen) atoms. The summed E-state index contributed by atoms with van der Waals surface area (Å²) in [5.41, 5.74) is 2.52. The highest BCUT2D eigenvalue weighted by molar-refractivity contribution is 5.47. The Labute approximate surface area is 104 Å². The van der Waals surface area contributed by atoms with Gasteiger partial charge in [-0.1, -0.05) is 12.1 Å². The Morgan fingerprint density at radius 1 is 1.18 bits per heavy atom. The molecule has 2 N–H and O–H groups in total. The number of benzene rings is 1. The van der Waals surface area contributed by atoms with Crippen molar-refractivity contribution < 1.29 is 5.11 Å². The van der Waals surface area contributed by atoms with Crippen molar-refractivity contribution in [2.24, 2.45) is 0 Å². The maximum absolute atomic E-state index is 9.14. The lowest BCUT2D eigenvalue weighted by Gasteiger charge is -2.21. The number of aliphatic hydroxyl groups excluding tert-OH is 1. The van der Waals surface area contributed by atoms with Crippen molar-refractivity contribution in [3.63, 3.8) is 0 Å². The molecule has 3 nitrogen and oxygen atoms in total. The van der Waals surface area contributed by atoms with E-state index in [1.165, 1.54) is 11.3 Å². The SMILES string of the molecule is CCN(CC)c1ccc(CNC[C@@H](C)O)cc1. The molecule has 0 aliphatic heterocycles. The van der Waals surface area contributed by atoms with E-state index in [-0.39, 0.29) is 6.10 Å². The fourth-order valence-electron chi connectivity index (χ4n) is 1.84. The highest BCUT2D eigenvalue weighted by Gasteiger charge is 2.01. The highest BCUT2D eigenvalue weighted by Crippen LogP contribution is 2.14. The smallest absolute Gasteiger partial charge is 0.0636 e. The van der Waals surface area contributed by atoms with E-state index in [0.29, 0.717) is 6.54 Å². The molecule has 0 bridgehead atoms. The van der Waals surface area contributed by atoms with Crippen molar-refractivity contribution >= 4 is 5.69 Å². The van der Waals surface area contributed by atoms with Crippen LogP contribution < -0.4 is 10.2 Å². The van der Waals surface area contributed by atoms with Crippen molar-refractivity contribution in [2.45, 2.75) is 33.4 Å². The van der Waals surface area contributed by atoms with E-state index < -0.39 is 0 Å². The van der Waals surface area contributed by atoms with Gasteiger partial charge in [0.25, 0.3) is 0 Å². The van der Waals surface area contributed by atoms with E-state index in [2.05, 4.69) is 48.3 Å². The Balaban J connectivity index is 2.49. The van der Waals surface area contributed by atoms with Gasteiger partial charge in [0.1, 0.15) is 0 Å². The van der Waals surface area contributed by atoms with Crippen LogP contribution in [-0.4, -0.2) is 30.8 Å². The Hall–Kier alpha value is -1.06. The van der Waals surface area contributed by atoms with Crippen LogP contribution in [0.25, 0.3) is 0 Å². The normalized spacial score (nSPS) is 12.5. The van der Waals surface area contributed by atoms with Gasteiger partial charge in [-0.25, -0.2) is 0 Å². The third-order valence-electron chi connectivity index (χ3n) is 2.83.